The number of rotatable bonds is 4. The summed E-state index contributed by atoms with van der Waals surface area (Å²) < 4.78 is 2.67. The molecule has 9 rings (SSSR count). The first kappa shape index (κ1) is 25.9. The van der Waals surface area contributed by atoms with Crippen LogP contribution in [0.1, 0.15) is 0 Å². The molecule has 0 unspecified atom stereocenters. The highest BCUT2D eigenvalue weighted by atomic mass is 32.1. The van der Waals surface area contributed by atoms with E-state index in [9.17, 15) is 0 Å². The first-order chi connectivity index (χ1) is 22.3. The molecule has 1 heterocycles. The van der Waals surface area contributed by atoms with E-state index >= 15 is 0 Å². The second kappa shape index (κ2) is 10.6. The average Bonchev–Trinajstić information content (AvgIpc) is 3.49. The van der Waals surface area contributed by atoms with Gasteiger partial charge in [-0.15, -0.1) is 11.3 Å². The minimum Gasteiger partial charge on any atom is -0.135 e. The van der Waals surface area contributed by atoms with Crippen LogP contribution in [0.3, 0.4) is 0 Å². The Kier molecular flexibility index (Phi) is 6.11. The molecule has 0 bridgehead atoms. The highest BCUT2D eigenvalue weighted by Gasteiger charge is 2.17. The predicted octanol–water partition coefficient (Wildman–Crippen LogP) is 13.0. The molecule has 1 heteroatoms. The van der Waals surface area contributed by atoms with Crippen LogP contribution in [0, 0.1) is 0 Å². The van der Waals surface area contributed by atoms with Gasteiger partial charge in [-0.1, -0.05) is 152 Å². The van der Waals surface area contributed by atoms with Gasteiger partial charge in [0.1, 0.15) is 0 Å². The lowest BCUT2D eigenvalue weighted by Crippen LogP contribution is -1.91. The second-order valence-corrected chi connectivity index (χ2v) is 12.8. The standard InChI is InChI=1S/C44H28S/c1-2-11-29(12-3-1)30-21-23-31(24-22-30)43-37-16-4-6-18-39(37)44(40-19-7-5-17-38(40)43)34-14-10-13-32(27-34)33-25-26-36-35-15-8-9-20-41(35)45-42(36)28-33/h1-28H. The lowest BCUT2D eigenvalue weighted by atomic mass is 9.85. The van der Waals surface area contributed by atoms with Crippen LogP contribution in [0.5, 0.6) is 0 Å². The Morgan fingerprint density at radius 1 is 0.244 bits per heavy atom. The minimum absolute atomic E-state index is 1.23. The maximum atomic E-state index is 2.37. The third-order valence-electron chi connectivity index (χ3n) is 9.08. The fraction of sp³-hybridized carbons (Fsp3) is 0. The smallest absolute Gasteiger partial charge is 0.0361 e. The number of fused-ring (bicyclic) bond motifs is 5. The summed E-state index contributed by atoms with van der Waals surface area (Å²) in [6.07, 6.45) is 0. The Hall–Kier alpha value is -5.50. The van der Waals surface area contributed by atoms with Crippen molar-refractivity contribution >= 4 is 53.1 Å². The van der Waals surface area contributed by atoms with Crippen LogP contribution in [0.15, 0.2) is 170 Å². The molecule has 1 aromatic heterocycles. The topological polar surface area (TPSA) is 0 Å². The zero-order chi connectivity index (χ0) is 29.7. The lowest BCUT2D eigenvalue weighted by Gasteiger charge is -2.18. The molecular formula is C44H28S. The summed E-state index contributed by atoms with van der Waals surface area (Å²) in [5.41, 5.74) is 10.0. The summed E-state index contributed by atoms with van der Waals surface area (Å²) in [4.78, 5) is 0. The van der Waals surface area contributed by atoms with Crippen LogP contribution in [-0.2, 0) is 0 Å². The molecule has 8 aromatic carbocycles. The van der Waals surface area contributed by atoms with Crippen molar-refractivity contribution in [1.29, 1.82) is 0 Å². The first-order valence-electron chi connectivity index (χ1n) is 15.4. The van der Waals surface area contributed by atoms with Gasteiger partial charge >= 0.3 is 0 Å². The van der Waals surface area contributed by atoms with E-state index in [1.165, 1.54) is 86.2 Å². The molecule has 45 heavy (non-hydrogen) atoms. The number of thiophene rings is 1. The fourth-order valence-corrected chi connectivity index (χ4v) is 8.12. The van der Waals surface area contributed by atoms with E-state index < -0.39 is 0 Å². The Bertz CT molecular complexity index is 2460. The van der Waals surface area contributed by atoms with Crippen LogP contribution >= 0.6 is 11.3 Å². The minimum atomic E-state index is 1.23. The number of hydrogen-bond donors (Lipinski definition) is 0. The number of hydrogen-bond acceptors (Lipinski definition) is 1. The molecule has 0 saturated heterocycles. The Labute approximate surface area is 266 Å². The van der Waals surface area contributed by atoms with Crippen molar-refractivity contribution in [3.8, 4) is 44.5 Å². The van der Waals surface area contributed by atoms with Gasteiger partial charge in [-0.05, 0) is 84.3 Å². The van der Waals surface area contributed by atoms with Crippen molar-refractivity contribution in [2.75, 3.05) is 0 Å². The van der Waals surface area contributed by atoms with E-state index in [1.807, 2.05) is 11.3 Å². The highest BCUT2D eigenvalue weighted by molar-refractivity contribution is 7.25. The summed E-state index contributed by atoms with van der Waals surface area (Å²) in [5.74, 6) is 0. The molecule has 0 N–H and O–H groups in total. The van der Waals surface area contributed by atoms with Gasteiger partial charge in [0, 0.05) is 20.2 Å². The first-order valence-corrected chi connectivity index (χ1v) is 16.2. The van der Waals surface area contributed by atoms with Gasteiger partial charge in [0.25, 0.3) is 0 Å². The van der Waals surface area contributed by atoms with Gasteiger partial charge in [0.2, 0.25) is 0 Å². The molecule has 0 nitrogen and oxygen atoms in total. The summed E-state index contributed by atoms with van der Waals surface area (Å²) in [6, 6.07) is 62.2. The van der Waals surface area contributed by atoms with E-state index in [4.69, 9.17) is 0 Å². The van der Waals surface area contributed by atoms with Crippen LogP contribution in [0.25, 0.3) is 86.2 Å². The summed E-state index contributed by atoms with van der Waals surface area (Å²) in [5, 5.41) is 7.77. The third-order valence-corrected chi connectivity index (χ3v) is 10.2. The molecule has 9 aromatic rings. The molecule has 0 spiro atoms. The normalized spacial score (nSPS) is 11.6. The largest absolute Gasteiger partial charge is 0.135 e. The molecule has 0 atom stereocenters. The van der Waals surface area contributed by atoms with Gasteiger partial charge in [0.05, 0.1) is 0 Å². The predicted molar refractivity (Wildman–Crippen MR) is 196 cm³/mol. The monoisotopic (exact) mass is 588 g/mol. The van der Waals surface area contributed by atoms with Gasteiger partial charge in [-0.3, -0.25) is 0 Å². The second-order valence-electron chi connectivity index (χ2n) is 11.7. The third kappa shape index (κ3) is 4.36. The van der Waals surface area contributed by atoms with Crippen molar-refractivity contribution in [3.63, 3.8) is 0 Å². The van der Waals surface area contributed by atoms with Crippen LogP contribution in [0.2, 0.25) is 0 Å². The van der Waals surface area contributed by atoms with E-state index in [0.717, 1.165) is 0 Å². The van der Waals surface area contributed by atoms with Gasteiger partial charge < -0.3 is 0 Å². The lowest BCUT2D eigenvalue weighted by molar-refractivity contribution is 1.61. The molecular weight excluding hydrogens is 561 g/mol. The summed E-state index contributed by atoms with van der Waals surface area (Å²) >= 11 is 1.87. The van der Waals surface area contributed by atoms with E-state index in [-0.39, 0.29) is 0 Å². The zero-order valence-corrected chi connectivity index (χ0v) is 25.4. The molecule has 0 aliphatic heterocycles. The average molecular weight is 589 g/mol. The van der Waals surface area contributed by atoms with Crippen molar-refractivity contribution in [3.05, 3.63) is 170 Å². The van der Waals surface area contributed by atoms with Crippen LogP contribution < -0.4 is 0 Å². The highest BCUT2D eigenvalue weighted by Crippen LogP contribution is 2.45. The molecule has 0 amide bonds. The SMILES string of the molecule is c1ccc(-c2ccc(-c3c4ccccc4c(-c4cccc(-c5ccc6c(c5)sc5ccccc56)c4)c4ccccc34)cc2)cc1. The van der Waals surface area contributed by atoms with Crippen molar-refractivity contribution in [1.82, 2.24) is 0 Å². The number of benzene rings is 8. The van der Waals surface area contributed by atoms with Crippen molar-refractivity contribution in [2.24, 2.45) is 0 Å². The Balaban J connectivity index is 1.22. The van der Waals surface area contributed by atoms with Crippen LogP contribution in [0.4, 0.5) is 0 Å². The molecule has 0 radical (unpaired) electrons. The van der Waals surface area contributed by atoms with E-state index in [1.54, 1.807) is 0 Å². The molecule has 0 fully saturated rings. The van der Waals surface area contributed by atoms with Gasteiger partial charge in [-0.25, -0.2) is 0 Å². The van der Waals surface area contributed by atoms with Crippen molar-refractivity contribution in [2.45, 2.75) is 0 Å². The maximum absolute atomic E-state index is 2.37. The zero-order valence-electron chi connectivity index (χ0n) is 24.6. The van der Waals surface area contributed by atoms with E-state index in [2.05, 4.69) is 170 Å². The summed E-state index contributed by atoms with van der Waals surface area (Å²) in [7, 11) is 0. The molecule has 0 saturated carbocycles. The van der Waals surface area contributed by atoms with Crippen molar-refractivity contribution < 1.29 is 0 Å². The van der Waals surface area contributed by atoms with Crippen LogP contribution in [-0.4, -0.2) is 0 Å². The Morgan fingerprint density at radius 2 is 0.689 bits per heavy atom. The van der Waals surface area contributed by atoms with Gasteiger partial charge in [0.15, 0.2) is 0 Å². The van der Waals surface area contributed by atoms with Gasteiger partial charge in [-0.2, -0.15) is 0 Å². The summed E-state index contributed by atoms with van der Waals surface area (Å²) in [6.45, 7) is 0. The van der Waals surface area contributed by atoms with E-state index in [0.29, 0.717) is 0 Å². The fourth-order valence-electron chi connectivity index (χ4n) is 6.97. The quantitative estimate of drug-likeness (QED) is 0.179. The maximum Gasteiger partial charge on any atom is 0.0361 e. The molecule has 0 aliphatic rings. The molecule has 210 valence electrons. The molecule has 0 aliphatic carbocycles. The Morgan fingerprint density at radius 3 is 1.38 bits per heavy atom.